The second-order valence-electron chi connectivity index (χ2n) is 14.1. The Kier molecular flexibility index (Phi) is 7.72. The van der Waals surface area contributed by atoms with Gasteiger partial charge in [-0.25, -0.2) is 9.44 Å². The Labute approximate surface area is 271 Å². The number of amides is 2. The van der Waals surface area contributed by atoms with Crippen LogP contribution in [0.4, 0.5) is 0 Å². The minimum absolute atomic E-state index is 0.0468. The van der Waals surface area contributed by atoms with E-state index >= 15 is 0 Å². The summed E-state index contributed by atoms with van der Waals surface area (Å²) in [5, 5.41) is 1.07. The molecule has 1 saturated heterocycles. The number of ether oxygens (including phenoxy) is 1. The zero-order valence-corrected chi connectivity index (χ0v) is 28.2. The smallest absolute Gasteiger partial charge is 0.301 e. The van der Waals surface area contributed by atoms with Gasteiger partial charge in [-0.15, -0.1) is 0 Å². The number of piperazine rings is 1. The van der Waals surface area contributed by atoms with Crippen molar-refractivity contribution in [1.29, 1.82) is 0 Å². The molecule has 1 aromatic heterocycles. The maximum atomic E-state index is 14.9. The summed E-state index contributed by atoms with van der Waals surface area (Å²) in [5.41, 5.74) is 5.17. The summed E-state index contributed by atoms with van der Waals surface area (Å²) in [6.45, 7) is 6.45. The second-order valence-corrected chi connectivity index (χ2v) is 15.7. The molecule has 46 heavy (non-hydrogen) atoms. The van der Waals surface area contributed by atoms with Crippen LogP contribution in [-0.2, 0) is 21.5 Å². The fourth-order valence-electron chi connectivity index (χ4n) is 8.90. The van der Waals surface area contributed by atoms with E-state index in [-0.39, 0.29) is 29.5 Å². The molecule has 2 unspecified atom stereocenters. The molecule has 2 N–H and O–H groups in total. The fourth-order valence-corrected chi connectivity index (χ4v) is 9.36. The third-order valence-corrected chi connectivity index (χ3v) is 12.0. The summed E-state index contributed by atoms with van der Waals surface area (Å²) in [6, 6.07) is 12.0. The Bertz CT molecular complexity index is 1820. The molecule has 4 atom stereocenters. The van der Waals surface area contributed by atoms with Crippen LogP contribution < -0.4 is 14.2 Å². The number of carbonyl (C=O) groups excluding carboxylic acids is 2. The maximum Gasteiger partial charge on any atom is 0.301 e. The lowest BCUT2D eigenvalue weighted by Gasteiger charge is -2.45. The topological polar surface area (TPSA) is 113 Å². The highest BCUT2D eigenvalue weighted by Gasteiger charge is 2.64. The summed E-state index contributed by atoms with van der Waals surface area (Å²) in [4.78, 5) is 32.5. The maximum absolute atomic E-state index is 14.9. The molecular formula is C35H45N5O5S. The molecule has 3 fully saturated rings. The third-order valence-electron chi connectivity index (χ3n) is 11.0. The lowest BCUT2D eigenvalue weighted by atomic mass is 9.81. The number of hydrogen-bond acceptors (Lipinski definition) is 6. The van der Waals surface area contributed by atoms with Crippen LogP contribution in [0.25, 0.3) is 22.2 Å². The van der Waals surface area contributed by atoms with E-state index in [1.807, 2.05) is 18.2 Å². The summed E-state index contributed by atoms with van der Waals surface area (Å²) < 4.78 is 36.7. The quantitative estimate of drug-likeness (QED) is 0.405. The molecule has 4 aliphatic rings. The van der Waals surface area contributed by atoms with Crippen LogP contribution in [0.1, 0.15) is 85.7 Å². The van der Waals surface area contributed by atoms with Crippen LogP contribution >= 0.6 is 0 Å². The van der Waals surface area contributed by atoms with Gasteiger partial charge in [-0.05, 0) is 87.5 Å². The van der Waals surface area contributed by atoms with Gasteiger partial charge in [-0.1, -0.05) is 25.3 Å². The van der Waals surface area contributed by atoms with Crippen molar-refractivity contribution in [1.82, 2.24) is 23.8 Å². The van der Waals surface area contributed by atoms with E-state index in [2.05, 4.69) is 56.8 Å². The zero-order chi connectivity index (χ0) is 32.5. The van der Waals surface area contributed by atoms with E-state index in [1.165, 1.54) is 31.9 Å². The summed E-state index contributed by atoms with van der Waals surface area (Å²) in [6.07, 6.45) is 6.48. The van der Waals surface area contributed by atoms with Crippen LogP contribution in [0, 0.1) is 5.41 Å². The fraction of sp³-hybridized carbons (Fsp3) is 0.543. The molecule has 3 aromatic rings. The van der Waals surface area contributed by atoms with Gasteiger partial charge in [0, 0.05) is 66.7 Å². The second kappa shape index (κ2) is 11.4. The molecule has 0 bridgehead atoms. The highest BCUT2D eigenvalue weighted by Crippen LogP contribution is 2.66. The Morgan fingerprint density at radius 1 is 1.00 bits per heavy atom. The molecule has 2 amide bonds. The first-order chi connectivity index (χ1) is 22.0. The van der Waals surface area contributed by atoms with Crippen LogP contribution in [0.3, 0.4) is 0 Å². The van der Waals surface area contributed by atoms with E-state index in [0.717, 1.165) is 65.8 Å². The Hall–Kier alpha value is -3.41. The third kappa shape index (κ3) is 5.02. The van der Waals surface area contributed by atoms with E-state index in [4.69, 9.17) is 4.74 Å². The van der Waals surface area contributed by atoms with Crippen molar-refractivity contribution in [2.24, 2.45) is 5.41 Å². The molecule has 0 radical (unpaired) electrons. The molecule has 3 heterocycles. The number of hydrogen-bond donors (Lipinski definition) is 2. The van der Waals surface area contributed by atoms with Gasteiger partial charge in [-0.2, -0.15) is 8.42 Å². The van der Waals surface area contributed by atoms with E-state index in [1.54, 1.807) is 13.2 Å². The minimum atomic E-state index is -3.97. The highest BCUT2D eigenvalue weighted by atomic mass is 32.2. The van der Waals surface area contributed by atoms with Gasteiger partial charge < -0.3 is 19.1 Å². The van der Waals surface area contributed by atoms with Crippen molar-refractivity contribution in [3.05, 3.63) is 53.1 Å². The van der Waals surface area contributed by atoms with Crippen LogP contribution in [0.2, 0.25) is 0 Å². The van der Waals surface area contributed by atoms with E-state index in [9.17, 15) is 18.0 Å². The summed E-state index contributed by atoms with van der Waals surface area (Å²) in [5.74, 6) is 0.681. The molecule has 2 saturated carbocycles. The van der Waals surface area contributed by atoms with Crippen molar-refractivity contribution in [2.45, 2.75) is 82.8 Å². The number of rotatable bonds is 6. The van der Waals surface area contributed by atoms with Crippen LogP contribution in [-0.4, -0.2) is 81.0 Å². The number of fused-ring (bicyclic) bond motifs is 7. The average Bonchev–Trinajstić information content (AvgIpc) is 3.70. The van der Waals surface area contributed by atoms with Crippen molar-refractivity contribution in [3.63, 3.8) is 0 Å². The number of aromatic nitrogens is 1. The van der Waals surface area contributed by atoms with Crippen molar-refractivity contribution in [3.8, 4) is 17.0 Å². The van der Waals surface area contributed by atoms with Crippen LogP contribution in [0.5, 0.6) is 5.75 Å². The highest BCUT2D eigenvalue weighted by molar-refractivity contribution is 7.88. The molecule has 10 nitrogen and oxygen atoms in total. The molecule has 7 rings (SSSR count). The van der Waals surface area contributed by atoms with E-state index < -0.39 is 21.5 Å². The van der Waals surface area contributed by atoms with Gasteiger partial charge in [0.1, 0.15) is 5.75 Å². The van der Waals surface area contributed by atoms with Crippen molar-refractivity contribution < 1.29 is 22.7 Å². The monoisotopic (exact) mass is 647 g/mol. The zero-order valence-electron chi connectivity index (χ0n) is 27.4. The molecule has 246 valence electrons. The predicted octanol–water partition coefficient (Wildman–Crippen LogP) is 4.60. The lowest BCUT2D eigenvalue weighted by molar-refractivity contribution is -0.145. The largest absolute Gasteiger partial charge is 0.497 e. The number of carbonyl (C=O) groups is 2. The van der Waals surface area contributed by atoms with E-state index in [0.29, 0.717) is 12.5 Å². The Morgan fingerprint density at radius 3 is 2.39 bits per heavy atom. The first-order valence-corrected chi connectivity index (χ1v) is 18.1. The number of benzene rings is 2. The minimum Gasteiger partial charge on any atom is -0.497 e. The van der Waals surface area contributed by atoms with Gasteiger partial charge in [0.05, 0.1) is 18.2 Å². The van der Waals surface area contributed by atoms with Gasteiger partial charge >= 0.3 is 10.2 Å². The number of methoxy groups -OCH3 is 1. The van der Waals surface area contributed by atoms with Gasteiger partial charge in [-0.3, -0.25) is 9.59 Å². The first-order valence-electron chi connectivity index (χ1n) is 16.6. The standard InChI is InChI=1S/C35H45N5O5S/c1-21-18-38(4)19-22(2)40(21)34(42)35-17-29(35)28-16-25(45-5)12-14-26(28)32-31(23-9-7-6-8-10-23)27-13-11-24(15-30(27)39(32)20-35)33(41)37-46(43,44)36-3/h11-16,21-23,29,36H,6-10,17-20H2,1-5H3,(H,37,41)/t21-,22+,29?,35?. The summed E-state index contributed by atoms with van der Waals surface area (Å²) >= 11 is 0. The SMILES string of the molecule is CNS(=O)(=O)NC(=O)c1ccc2c(C3CCCCC3)c3n(c2c1)CC1(C(=O)N2[C@H](C)CN(C)C[C@@H]2C)CC1c1cc(OC)ccc1-3. The van der Waals surface area contributed by atoms with Crippen molar-refractivity contribution >= 4 is 32.9 Å². The van der Waals surface area contributed by atoms with Crippen LogP contribution in [0.15, 0.2) is 36.4 Å². The summed E-state index contributed by atoms with van der Waals surface area (Å²) in [7, 11) is 1.09. The Balaban J connectivity index is 1.45. The molecule has 2 aliphatic heterocycles. The van der Waals surface area contributed by atoms with Gasteiger partial charge in [0.15, 0.2) is 0 Å². The molecule has 11 heteroatoms. The molecular weight excluding hydrogens is 602 g/mol. The average molecular weight is 648 g/mol. The predicted molar refractivity (Wildman–Crippen MR) is 178 cm³/mol. The van der Waals surface area contributed by atoms with Crippen molar-refractivity contribution in [2.75, 3.05) is 34.3 Å². The Morgan fingerprint density at radius 2 is 1.72 bits per heavy atom. The number of nitrogens with zero attached hydrogens (tertiary/aromatic N) is 3. The number of nitrogens with one attached hydrogen (secondary N) is 2. The van der Waals surface area contributed by atoms with Gasteiger partial charge in [0.25, 0.3) is 5.91 Å². The van der Waals surface area contributed by atoms with Gasteiger partial charge in [0.2, 0.25) is 5.91 Å². The lowest BCUT2D eigenvalue weighted by Crippen LogP contribution is -2.59. The molecule has 0 spiro atoms. The number of likely N-dealkylation sites (N-methyl/N-ethyl adjacent to an activating group) is 1. The first kappa shape index (κ1) is 31.2. The normalized spacial score (nSPS) is 26.5. The molecule has 2 aliphatic carbocycles. The molecule has 2 aromatic carbocycles.